The summed E-state index contributed by atoms with van der Waals surface area (Å²) in [5.74, 6) is 1.61. The van der Waals surface area contributed by atoms with E-state index in [0.717, 1.165) is 36.5 Å². The number of methoxy groups -OCH3 is 1. The van der Waals surface area contributed by atoms with Crippen LogP contribution < -0.4 is 4.74 Å². The molecule has 0 bridgehead atoms. The molecule has 4 heteroatoms. The molecular weight excluding hydrogens is 264 g/mol. The maximum atomic E-state index is 11.6. The molecule has 1 aromatic carbocycles. The zero-order chi connectivity index (χ0) is 15.6. The number of likely N-dealkylation sites (tertiary alicyclic amines) is 1. The van der Waals surface area contributed by atoms with Gasteiger partial charge in [0.1, 0.15) is 5.75 Å². The number of ketones is 1. The molecule has 0 amide bonds. The molecule has 0 saturated carbocycles. The highest BCUT2D eigenvalue weighted by Gasteiger charge is 2.31. The average molecular weight is 290 g/mol. The number of ether oxygens (including phenoxy) is 1. The van der Waals surface area contributed by atoms with Crippen LogP contribution >= 0.6 is 0 Å². The zero-order valence-corrected chi connectivity index (χ0v) is 13.7. The fourth-order valence-electron chi connectivity index (χ4n) is 3.21. The molecule has 1 aliphatic heterocycles. The molecule has 0 aliphatic carbocycles. The van der Waals surface area contributed by atoms with Crippen LogP contribution in [0.2, 0.25) is 0 Å². The second kappa shape index (κ2) is 6.58. The maximum Gasteiger partial charge on any atom is 0.159 e. The lowest BCUT2D eigenvalue weighted by atomic mass is 10.1. The van der Waals surface area contributed by atoms with Gasteiger partial charge in [-0.25, -0.2) is 0 Å². The standard InChI is InChI=1S/C17H26N2O2/c1-12-9-19(11-16(12)18(3)4)10-15-8-14(13(2)20)6-7-17(15)21-5/h6-8,12,16H,9-11H2,1-5H3. The van der Waals surface area contributed by atoms with Crippen LogP contribution in [0.3, 0.4) is 0 Å². The number of likely N-dealkylation sites (N-methyl/N-ethyl adjacent to an activating group) is 1. The van der Waals surface area contributed by atoms with Gasteiger partial charge >= 0.3 is 0 Å². The van der Waals surface area contributed by atoms with Gasteiger partial charge in [-0.15, -0.1) is 0 Å². The summed E-state index contributed by atoms with van der Waals surface area (Å²) >= 11 is 0. The Morgan fingerprint density at radius 1 is 1.38 bits per heavy atom. The van der Waals surface area contributed by atoms with Crippen molar-refractivity contribution in [3.05, 3.63) is 29.3 Å². The number of nitrogens with zero attached hydrogens (tertiary/aromatic N) is 2. The number of carbonyl (C=O) groups excluding carboxylic acids is 1. The van der Waals surface area contributed by atoms with Crippen LogP contribution in [0.25, 0.3) is 0 Å². The van der Waals surface area contributed by atoms with E-state index in [4.69, 9.17) is 4.74 Å². The van der Waals surface area contributed by atoms with Crippen molar-refractivity contribution in [3.8, 4) is 5.75 Å². The van der Waals surface area contributed by atoms with Gasteiger partial charge in [0.15, 0.2) is 5.78 Å². The maximum absolute atomic E-state index is 11.6. The summed E-state index contributed by atoms with van der Waals surface area (Å²) in [4.78, 5) is 16.3. The number of benzene rings is 1. The largest absolute Gasteiger partial charge is 0.496 e. The lowest BCUT2D eigenvalue weighted by Crippen LogP contribution is -2.34. The minimum absolute atomic E-state index is 0.0971. The van der Waals surface area contributed by atoms with Crippen LogP contribution in [0.4, 0.5) is 0 Å². The molecule has 1 aromatic rings. The van der Waals surface area contributed by atoms with Crippen molar-refractivity contribution in [2.45, 2.75) is 26.4 Å². The molecule has 1 fully saturated rings. The summed E-state index contributed by atoms with van der Waals surface area (Å²) in [5, 5.41) is 0. The minimum Gasteiger partial charge on any atom is -0.496 e. The third-order valence-electron chi connectivity index (χ3n) is 4.39. The summed E-state index contributed by atoms with van der Waals surface area (Å²) < 4.78 is 5.44. The molecule has 0 N–H and O–H groups in total. The van der Waals surface area contributed by atoms with Crippen molar-refractivity contribution >= 4 is 5.78 Å². The van der Waals surface area contributed by atoms with Crippen LogP contribution in [0.15, 0.2) is 18.2 Å². The average Bonchev–Trinajstić information content (AvgIpc) is 2.79. The Balaban J connectivity index is 2.15. The highest BCUT2D eigenvalue weighted by atomic mass is 16.5. The molecule has 1 aliphatic rings. The molecule has 0 aromatic heterocycles. The van der Waals surface area contributed by atoms with E-state index in [1.807, 2.05) is 18.2 Å². The third-order valence-corrected chi connectivity index (χ3v) is 4.39. The van der Waals surface area contributed by atoms with E-state index < -0.39 is 0 Å². The Hall–Kier alpha value is -1.39. The summed E-state index contributed by atoms with van der Waals surface area (Å²) in [5.41, 5.74) is 1.85. The van der Waals surface area contributed by atoms with Gasteiger partial charge in [0.05, 0.1) is 7.11 Å². The monoisotopic (exact) mass is 290 g/mol. The summed E-state index contributed by atoms with van der Waals surface area (Å²) in [6, 6.07) is 6.29. The van der Waals surface area contributed by atoms with E-state index in [0.29, 0.717) is 12.0 Å². The Kier molecular flexibility index (Phi) is 5.01. The van der Waals surface area contributed by atoms with Crippen LogP contribution in [0.5, 0.6) is 5.75 Å². The first-order valence-corrected chi connectivity index (χ1v) is 7.49. The predicted octanol–water partition coefficient (Wildman–Crippen LogP) is 2.28. The number of hydrogen-bond acceptors (Lipinski definition) is 4. The zero-order valence-electron chi connectivity index (χ0n) is 13.7. The summed E-state index contributed by atoms with van der Waals surface area (Å²) in [6.07, 6.45) is 0. The van der Waals surface area contributed by atoms with E-state index in [1.54, 1.807) is 14.0 Å². The fraction of sp³-hybridized carbons (Fsp3) is 0.588. The molecule has 1 saturated heterocycles. The first kappa shape index (κ1) is 16.0. The molecule has 21 heavy (non-hydrogen) atoms. The predicted molar refractivity (Wildman–Crippen MR) is 84.9 cm³/mol. The van der Waals surface area contributed by atoms with E-state index >= 15 is 0 Å². The summed E-state index contributed by atoms with van der Waals surface area (Å²) in [7, 11) is 5.96. The Bertz CT molecular complexity index is 514. The first-order chi connectivity index (χ1) is 9.92. The molecule has 2 rings (SSSR count). The smallest absolute Gasteiger partial charge is 0.159 e. The third kappa shape index (κ3) is 3.63. The lowest BCUT2D eigenvalue weighted by Gasteiger charge is -2.23. The van der Waals surface area contributed by atoms with Gasteiger partial charge in [-0.05, 0) is 45.1 Å². The summed E-state index contributed by atoms with van der Waals surface area (Å²) in [6.45, 7) is 6.87. The van der Waals surface area contributed by atoms with Crippen LogP contribution in [0, 0.1) is 5.92 Å². The minimum atomic E-state index is 0.0971. The molecule has 0 spiro atoms. The van der Waals surface area contributed by atoms with Crippen molar-refractivity contribution in [2.75, 3.05) is 34.3 Å². The van der Waals surface area contributed by atoms with Crippen LogP contribution in [0.1, 0.15) is 29.8 Å². The topological polar surface area (TPSA) is 32.8 Å². The molecule has 116 valence electrons. The van der Waals surface area contributed by atoms with Gasteiger partial charge in [0, 0.05) is 36.8 Å². The number of carbonyl (C=O) groups is 1. The second-order valence-electron chi connectivity index (χ2n) is 6.29. The fourth-order valence-corrected chi connectivity index (χ4v) is 3.21. The lowest BCUT2D eigenvalue weighted by molar-refractivity contribution is 0.101. The van der Waals surface area contributed by atoms with Crippen molar-refractivity contribution in [1.82, 2.24) is 9.80 Å². The first-order valence-electron chi connectivity index (χ1n) is 7.49. The van der Waals surface area contributed by atoms with Crippen molar-refractivity contribution in [2.24, 2.45) is 5.92 Å². The van der Waals surface area contributed by atoms with Gasteiger partial charge in [0.2, 0.25) is 0 Å². The van der Waals surface area contributed by atoms with Gasteiger partial charge < -0.3 is 9.64 Å². The van der Waals surface area contributed by atoms with Gasteiger partial charge in [0.25, 0.3) is 0 Å². The Labute approximate surface area is 127 Å². The Morgan fingerprint density at radius 2 is 2.10 bits per heavy atom. The van der Waals surface area contributed by atoms with Crippen molar-refractivity contribution in [3.63, 3.8) is 0 Å². The normalized spacial score (nSPS) is 22.8. The number of Topliss-reactive ketones (excluding diaryl/α,β-unsaturated/α-hetero) is 1. The van der Waals surface area contributed by atoms with Gasteiger partial charge in [-0.1, -0.05) is 6.92 Å². The van der Waals surface area contributed by atoms with E-state index in [1.165, 1.54) is 0 Å². The van der Waals surface area contributed by atoms with E-state index in [9.17, 15) is 4.79 Å². The van der Waals surface area contributed by atoms with Gasteiger partial charge in [-0.3, -0.25) is 9.69 Å². The van der Waals surface area contributed by atoms with Crippen LogP contribution in [-0.4, -0.2) is 55.9 Å². The molecule has 1 heterocycles. The van der Waals surface area contributed by atoms with Gasteiger partial charge in [-0.2, -0.15) is 0 Å². The van der Waals surface area contributed by atoms with E-state index in [2.05, 4.69) is 30.8 Å². The van der Waals surface area contributed by atoms with E-state index in [-0.39, 0.29) is 5.78 Å². The van der Waals surface area contributed by atoms with Crippen molar-refractivity contribution in [1.29, 1.82) is 0 Å². The van der Waals surface area contributed by atoms with Crippen molar-refractivity contribution < 1.29 is 9.53 Å². The molecular formula is C17H26N2O2. The molecule has 2 atom stereocenters. The molecule has 4 nitrogen and oxygen atoms in total. The highest BCUT2D eigenvalue weighted by molar-refractivity contribution is 5.94. The number of hydrogen-bond donors (Lipinski definition) is 0. The highest BCUT2D eigenvalue weighted by Crippen LogP contribution is 2.26. The Morgan fingerprint density at radius 3 is 2.62 bits per heavy atom. The second-order valence-corrected chi connectivity index (χ2v) is 6.29. The van der Waals surface area contributed by atoms with Crippen LogP contribution in [-0.2, 0) is 6.54 Å². The quantitative estimate of drug-likeness (QED) is 0.779. The number of rotatable bonds is 5. The SMILES string of the molecule is COc1ccc(C(C)=O)cc1CN1CC(C)C(N(C)C)C1. The molecule has 0 radical (unpaired) electrons. The molecule has 2 unspecified atom stereocenters.